The highest BCUT2D eigenvalue weighted by Gasteiger charge is 2.36. The Morgan fingerprint density at radius 3 is 2.46 bits per heavy atom. The van der Waals surface area contributed by atoms with E-state index in [0.29, 0.717) is 5.82 Å². The number of nitrogens with one attached hydrogen (secondary N) is 1. The topological polar surface area (TPSA) is 85.6 Å². The molecular formula is C14H17F3N6O. The fraction of sp³-hybridized carbons (Fsp3) is 0.500. The van der Waals surface area contributed by atoms with Gasteiger partial charge in [-0.1, -0.05) is 13.8 Å². The summed E-state index contributed by atoms with van der Waals surface area (Å²) in [5, 5.41) is 10.4. The summed E-state index contributed by atoms with van der Waals surface area (Å²) in [6.07, 6.45) is -3.24. The van der Waals surface area contributed by atoms with Crippen molar-refractivity contribution in [3.05, 3.63) is 35.4 Å². The second-order valence-electron chi connectivity index (χ2n) is 5.71. The van der Waals surface area contributed by atoms with Crippen LogP contribution in [0.1, 0.15) is 47.7 Å². The quantitative estimate of drug-likeness (QED) is 0.919. The molecule has 2 heterocycles. The summed E-state index contributed by atoms with van der Waals surface area (Å²) in [5.41, 5.74) is -0.287. The zero-order valence-corrected chi connectivity index (χ0v) is 13.6. The van der Waals surface area contributed by atoms with E-state index in [0.717, 1.165) is 0 Å². The van der Waals surface area contributed by atoms with E-state index < -0.39 is 23.9 Å². The number of carbonyl (C=O) groups is 1. The van der Waals surface area contributed by atoms with Crippen molar-refractivity contribution >= 4 is 5.91 Å². The van der Waals surface area contributed by atoms with Crippen LogP contribution in [-0.4, -0.2) is 30.6 Å². The lowest BCUT2D eigenvalue weighted by Gasteiger charge is -2.21. The number of aromatic nitrogens is 5. The second-order valence-corrected chi connectivity index (χ2v) is 5.71. The molecule has 1 amide bonds. The molecule has 0 aliphatic carbocycles. The van der Waals surface area contributed by atoms with Gasteiger partial charge in [-0.3, -0.25) is 4.79 Å². The Bertz CT molecular complexity index is 740. The fourth-order valence-electron chi connectivity index (χ4n) is 2.13. The van der Waals surface area contributed by atoms with Crippen molar-refractivity contribution in [2.45, 2.75) is 33.0 Å². The van der Waals surface area contributed by atoms with Gasteiger partial charge in [-0.05, 0) is 18.9 Å². The molecule has 0 aliphatic rings. The van der Waals surface area contributed by atoms with Gasteiger partial charge < -0.3 is 9.88 Å². The van der Waals surface area contributed by atoms with E-state index in [9.17, 15) is 18.0 Å². The van der Waals surface area contributed by atoms with E-state index in [2.05, 4.69) is 25.5 Å². The van der Waals surface area contributed by atoms with E-state index in [1.165, 1.54) is 19.3 Å². The predicted molar refractivity (Wildman–Crippen MR) is 77.8 cm³/mol. The van der Waals surface area contributed by atoms with Crippen LogP contribution >= 0.6 is 0 Å². The van der Waals surface area contributed by atoms with E-state index in [-0.39, 0.29) is 17.3 Å². The predicted octanol–water partition coefficient (Wildman–Crippen LogP) is 2.06. The third-order valence-electron chi connectivity index (χ3n) is 3.32. The van der Waals surface area contributed by atoms with Crippen LogP contribution in [-0.2, 0) is 13.2 Å². The third kappa shape index (κ3) is 3.87. The van der Waals surface area contributed by atoms with Crippen LogP contribution in [0.25, 0.3) is 0 Å². The molecule has 0 spiro atoms. The van der Waals surface area contributed by atoms with Crippen LogP contribution in [0.5, 0.6) is 0 Å². The summed E-state index contributed by atoms with van der Waals surface area (Å²) in [5.74, 6) is -1.62. The molecule has 0 radical (unpaired) electrons. The minimum Gasteiger partial charge on any atom is -0.340 e. The highest BCUT2D eigenvalue weighted by Crippen LogP contribution is 2.26. The van der Waals surface area contributed by atoms with Crippen LogP contribution in [0.4, 0.5) is 13.2 Å². The van der Waals surface area contributed by atoms with E-state index in [4.69, 9.17) is 0 Å². The smallest absolute Gasteiger partial charge is 0.340 e. The SMILES string of the molecule is Cc1cc(C(=O)NC(c2nncn2C)C(C)C)nc(C(F)(F)F)n1. The molecule has 2 aromatic heterocycles. The maximum absolute atomic E-state index is 12.8. The molecule has 0 aliphatic heterocycles. The van der Waals surface area contributed by atoms with Gasteiger partial charge >= 0.3 is 6.18 Å². The summed E-state index contributed by atoms with van der Waals surface area (Å²) in [6.45, 7) is 5.08. The molecule has 2 aromatic rings. The number of hydrogen-bond acceptors (Lipinski definition) is 5. The monoisotopic (exact) mass is 342 g/mol. The van der Waals surface area contributed by atoms with E-state index in [1.54, 1.807) is 11.6 Å². The number of aryl methyl sites for hydroxylation is 2. The fourth-order valence-corrected chi connectivity index (χ4v) is 2.13. The molecular weight excluding hydrogens is 325 g/mol. The maximum Gasteiger partial charge on any atom is 0.451 e. The molecule has 2 rings (SSSR count). The Morgan fingerprint density at radius 1 is 1.29 bits per heavy atom. The van der Waals surface area contributed by atoms with Gasteiger partial charge in [0.05, 0.1) is 6.04 Å². The first-order valence-electron chi connectivity index (χ1n) is 7.17. The van der Waals surface area contributed by atoms with Crippen molar-refractivity contribution < 1.29 is 18.0 Å². The largest absolute Gasteiger partial charge is 0.451 e. The number of carbonyl (C=O) groups excluding carboxylic acids is 1. The Kier molecular flexibility index (Phi) is 4.86. The summed E-state index contributed by atoms with van der Waals surface area (Å²) >= 11 is 0. The molecule has 130 valence electrons. The molecule has 1 atom stereocenters. The Morgan fingerprint density at radius 2 is 1.96 bits per heavy atom. The highest BCUT2D eigenvalue weighted by atomic mass is 19.4. The first-order chi connectivity index (χ1) is 11.1. The highest BCUT2D eigenvalue weighted by molar-refractivity contribution is 5.92. The van der Waals surface area contributed by atoms with Gasteiger partial charge in [-0.2, -0.15) is 13.2 Å². The first kappa shape index (κ1) is 17.8. The number of hydrogen-bond donors (Lipinski definition) is 1. The van der Waals surface area contributed by atoms with Gasteiger partial charge in [0, 0.05) is 12.7 Å². The van der Waals surface area contributed by atoms with E-state index >= 15 is 0 Å². The lowest BCUT2D eigenvalue weighted by atomic mass is 10.0. The van der Waals surface area contributed by atoms with Crippen molar-refractivity contribution in [1.29, 1.82) is 0 Å². The van der Waals surface area contributed by atoms with Gasteiger partial charge in [0.25, 0.3) is 5.91 Å². The van der Waals surface area contributed by atoms with Gasteiger partial charge in [0.2, 0.25) is 5.82 Å². The average molecular weight is 342 g/mol. The van der Waals surface area contributed by atoms with Crippen molar-refractivity contribution in [2.75, 3.05) is 0 Å². The van der Waals surface area contributed by atoms with Gasteiger partial charge in [-0.25, -0.2) is 9.97 Å². The van der Waals surface area contributed by atoms with Crippen LogP contribution in [0.2, 0.25) is 0 Å². The summed E-state index contributed by atoms with van der Waals surface area (Å²) in [4.78, 5) is 19.0. The normalized spacial score (nSPS) is 13.2. The molecule has 24 heavy (non-hydrogen) atoms. The van der Waals surface area contributed by atoms with Gasteiger partial charge in [0.1, 0.15) is 12.0 Å². The zero-order valence-electron chi connectivity index (χ0n) is 13.6. The van der Waals surface area contributed by atoms with Crippen LogP contribution in [0, 0.1) is 12.8 Å². The molecule has 1 N–H and O–H groups in total. The van der Waals surface area contributed by atoms with Crippen LogP contribution < -0.4 is 5.32 Å². The number of rotatable bonds is 4. The number of nitrogens with zero attached hydrogens (tertiary/aromatic N) is 5. The van der Waals surface area contributed by atoms with Crippen molar-refractivity contribution in [3.8, 4) is 0 Å². The zero-order chi connectivity index (χ0) is 18.1. The molecule has 0 fully saturated rings. The Hall–Kier alpha value is -2.52. The van der Waals surface area contributed by atoms with Crippen molar-refractivity contribution in [1.82, 2.24) is 30.0 Å². The maximum atomic E-state index is 12.8. The standard InChI is InChI=1S/C14H17F3N6O/c1-7(2)10(11-22-18-6-23(11)4)21-12(24)9-5-8(3)19-13(20-9)14(15,16)17/h5-7,10H,1-4H3,(H,21,24). The molecule has 0 saturated carbocycles. The number of alkyl halides is 3. The minimum absolute atomic E-state index is 0.0538. The lowest BCUT2D eigenvalue weighted by molar-refractivity contribution is -0.145. The summed E-state index contributed by atoms with van der Waals surface area (Å²) in [6, 6.07) is 0.688. The number of halogens is 3. The third-order valence-corrected chi connectivity index (χ3v) is 3.32. The van der Waals surface area contributed by atoms with Crippen molar-refractivity contribution in [3.63, 3.8) is 0 Å². The second kappa shape index (κ2) is 6.54. The first-order valence-corrected chi connectivity index (χ1v) is 7.17. The van der Waals surface area contributed by atoms with Gasteiger partial charge in [-0.15, -0.1) is 10.2 Å². The van der Waals surface area contributed by atoms with Crippen LogP contribution in [0.15, 0.2) is 12.4 Å². The molecule has 1 unspecified atom stereocenters. The number of amides is 1. The van der Waals surface area contributed by atoms with Crippen molar-refractivity contribution in [2.24, 2.45) is 13.0 Å². The van der Waals surface area contributed by atoms with Crippen LogP contribution in [0.3, 0.4) is 0 Å². The average Bonchev–Trinajstić information content (AvgIpc) is 2.88. The summed E-state index contributed by atoms with van der Waals surface area (Å²) in [7, 11) is 1.72. The molecule has 0 aromatic carbocycles. The molecule has 0 bridgehead atoms. The molecule has 10 heteroatoms. The Labute approximate surface area is 136 Å². The Balaban J connectivity index is 2.31. The van der Waals surface area contributed by atoms with Gasteiger partial charge in [0.15, 0.2) is 5.82 Å². The molecule has 7 nitrogen and oxygen atoms in total. The lowest BCUT2D eigenvalue weighted by Crippen LogP contribution is -2.34. The minimum atomic E-state index is -4.72. The van der Waals surface area contributed by atoms with E-state index in [1.807, 2.05) is 13.8 Å². The summed E-state index contributed by atoms with van der Waals surface area (Å²) < 4.78 is 40.0. The molecule has 0 saturated heterocycles.